The van der Waals surface area contributed by atoms with Crippen LogP contribution in [-0.2, 0) is 0 Å². The number of halogens is 3. The zero-order chi connectivity index (χ0) is 8.65. The molecule has 0 unspecified atom stereocenters. The molecule has 0 spiro atoms. The number of nitrogens with zero attached hydrogens (tertiary/aromatic N) is 2. The van der Waals surface area contributed by atoms with Gasteiger partial charge in [-0.2, -0.15) is 18.3 Å². The molecule has 0 bridgehead atoms. The van der Waals surface area contributed by atoms with E-state index in [-0.39, 0.29) is 12.3 Å². The van der Waals surface area contributed by atoms with Crippen LogP contribution < -0.4 is 5.73 Å². The molecule has 0 aromatic rings. The predicted octanol–water partition coefficient (Wildman–Crippen LogP) is 0.525. The number of alkyl halides is 3. The van der Waals surface area contributed by atoms with Gasteiger partial charge < -0.3 is 5.73 Å². The summed E-state index contributed by atoms with van der Waals surface area (Å²) in [5.41, 5.74) is 5.12. The van der Waals surface area contributed by atoms with E-state index in [1.54, 1.807) is 0 Å². The molecule has 2 N–H and O–H groups in total. The maximum atomic E-state index is 12.0. The minimum Gasteiger partial charge on any atom is -0.386 e. The van der Waals surface area contributed by atoms with Gasteiger partial charge in [-0.05, 0) is 0 Å². The van der Waals surface area contributed by atoms with Gasteiger partial charge in [0.25, 0.3) is 0 Å². The van der Waals surface area contributed by atoms with Crippen molar-refractivity contribution in [1.29, 1.82) is 0 Å². The van der Waals surface area contributed by atoms with Crippen LogP contribution in [-0.4, -0.2) is 30.1 Å². The fraction of sp³-hybridized carbons (Fsp3) is 0.800. The third kappa shape index (κ3) is 1.55. The van der Waals surface area contributed by atoms with E-state index in [2.05, 4.69) is 5.10 Å². The Hall–Kier alpha value is -0.940. The van der Waals surface area contributed by atoms with E-state index in [1.165, 1.54) is 7.05 Å². The van der Waals surface area contributed by atoms with Gasteiger partial charge in [-0.25, -0.2) is 0 Å². The lowest BCUT2D eigenvalue weighted by atomic mass is 10.2. The second-order valence-electron chi connectivity index (χ2n) is 2.43. The highest BCUT2D eigenvalue weighted by Crippen LogP contribution is 2.29. The molecule has 0 radical (unpaired) electrons. The van der Waals surface area contributed by atoms with E-state index in [9.17, 15) is 13.2 Å². The summed E-state index contributed by atoms with van der Waals surface area (Å²) in [4.78, 5) is 0. The lowest BCUT2D eigenvalue weighted by molar-refractivity contribution is -0.174. The van der Waals surface area contributed by atoms with Crippen LogP contribution >= 0.6 is 0 Å². The first kappa shape index (κ1) is 8.16. The van der Waals surface area contributed by atoms with E-state index < -0.39 is 12.2 Å². The van der Waals surface area contributed by atoms with Gasteiger partial charge in [0.1, 0.15) is 11.9 Å². The normalized spacial score (nSPS) is 25.6. The minimum absolute atomic E-state index is 0.0369. The quantitative estimate of drug-likeness (QED) is 0.571. The van der Waals surface area contributed by atoms with Crippen LogP contribution in [0, 0.1) is 0 Å². The molecule has 1 rings (SSSR count). The molecule has 0 aliphatic carbocycles. The van der Waals surface area contributed by atoms with Crippen molar-refractivity contribution in [2.75, 3.05) is 7.05 Å². The summed E-state index contributed by atoms with van der Waals surface area (Å²) in [6.07, 6.45) is -4.46. The molecule has 1 heterocycles. The average Bonchev–Trinajstić information content (AvgIpc) is 2.08. The molecule has 11 heavy (non-hydrogen) atoms. The van der Waals surface area contributed by atoms with Crippen molar-refractivity contribution in [2.45, 2.75) is 18.6 Å². The summed E-state index contributed by atoms with van der Waals surface area (Å²) >= 11 is 0. The zero-order valence-corrected chi connectivity index (χ0v) is 5.89. The lowest BCUT2D eigenvalue weighted by Gasteiger charge is -2.20. The van der Waals surface area contributed by atoms with Gasteiger partial charge in [-0.3, -0.25) is 5.01 Å². The van der Waals surface area contributed by atoms with Crippen LogP contribution in [0.5, 0.6) is 0 Å². The number of rotatable bonds is 0. The number of hydrogen-bond acceptors (Lipinski definition) is 3. The van der Waals surface area contributed by atoms with E-state index in [1.807, 2.05) is 0 Å². The van der Waals surface area contributed by atoms with Gasteiger partial charge >= 0.3 is 6.18 Å². The molecule has 0 saturated heterocycles. The monoisotopic (exact) mass is 167 g/mol. The van der Waals surface area contributed by atoms with E-state index >= 15 is 0 Å². The molecule has 0 amide bonds. The van der Waals surface area contributed by atoms with Gasteiger partial charge in [0.2, 0.25) is 0 Å². The molecule has 64 valence electrons. The highest BCUT2D eigenvalue weighted by atomic mass is 19.4. The SMILES string of the molecule is CN1N=C(N)C[C@H]1C(F)(F)F. The van der Waals surface area contributed by atoms with Crippen molar-refractivity contribution in [3.8, 4) is 0 Å². The van der Waals surface area contributed by atoms with E-state index in [0.717, 1.165) is 5.01 Å². The summed E-state index contributed by atoms with van der Waals surface area (Å²) < 4.78 is 36.0. The number of nitrogens with two attached hydrogens (primary N) is 1. The van der Waals surface area contributed by atoms with Crippen LogP contribution in [0.3, 0.4) is 0 Å². The molecule has 0 fully saturated rings. The van der Waals surface area contributed by atoms with Crippen molar-refractivity contribution >= 4 is 5.84 Å². The van der Waals surface area contributed by atoms with E-state index in [0.29, 0.717) is 0 Å². The molecular weight excluding hydrogens is 159 g/mol. The fourth-order valence-corrected chi connectivity index (χ4v) is 0.971. The van der Waals surface area contributed by atoms with Gasteiger partial charge in [-0.15, -0.1) is 0 Å². The Morgan fingerprint density at radius 2 is 2.18 bits per heavy atom. The van der Waals surface area contributed by atoms with Crippen LogP contribution in [0.15, 0.2) is 5.10 Å². The first-order valence-electron chi connectivity index (χ1n) is 3.04. The Bertz CT molecular complexity index is 186. The molecule has 0 saturated carbocycles. The number of hydrogen-bond donors (Lipinski definition) is 1. The third-order valence-electron chi connectivity index (χ3n) is 1.52. The van der Waals surface area contributed by atoms with Crippen molar-refractivity contribution in [2.24, 2.45) is 10.8 Å². The Morgan fingerprint density at radius 3 is 2.36 bits per heavy atom. The first-order valence-corrected chi connectivity index (χ1v) is 3.04. The topological polar surface area (TPSA) is 41.6 Å². The zero-order valence-electron chi connectivity index (χ0n) is 5.89. The highest BCUT2D eigenvalue weighted by Gasteiger charge is 2.45. The Kier molecular flexibility index (Phi) is 1.69. The lowest BCUT2D eigenvalue weighted by Crippen LogP contribution is -2.38. The van der Waals surface area contributed by atoms with Crippen molar-refractivity contribution in [3.05, 3.63) is 0 Å². The Morgan fingerprint density at radius 1 is 1.64 bits per heavy atom. The first-order chi connectivity index (χ1) is 4.91. The van der Waals surface area contributed by atoms with Gasteiger partial charge in [0, 0.05) is 13.5 Å². The average molecular weight is 167 g/mol. The van der Waals surface area contributed by atoms with Crippen LogP contribution in [0.2, 0.25) is 0 Å². The van der Waals surface area contributed by atoms with E-state index in [4.69, 9.17) is 5.73 Å². The molecule has 0 aromatic heterocycles. The van der Waals surface area contributed by atoms with Crippen molar-refractivity contribution in [1.82, 2.24) is 5.01 Å². The minimum atomic E-state index is -4.24. The predicted molar refractivity (Wildman–Crippen MR) is 33.8 cm³/mol. The van der Waals surface area contributed by atoms with Crippen molar-refractivity contribution < 1.29 is 13.2 Å². The maximum absolute atomic E-state index is 12.0. The van der Waals surface area contributed by atoms with Crippen LogP contribution in [0.25, 0.3) is 0 Å². The standard InChI is InChI=1S/C5H8F3N3/c1-11-3(5(6,7)8)2-4(9)10-11/h3H,2H2,1H3,(H2,9,10)/t3-/m0/s1. The molecule has 0 aromatic carbocycles. The number of hydrazone groups is 1. The fourth-order valence-electron chi connectivity index (χ4n) is 0.971. The molecule has 6 heteroatoms. The van der Waals surface area contributed by atoms with Crippen LogP contribution in [0.4, 0.5) is 13.2 Å². The molecular formula is C5H8F3N3. The maximum Gasteiger partial charge on any atom is 0.410 e. The summed E-state index contributed by atoms with van der Waals surface area (Å²) in [6, 6.07) is -1.54. The molecule has 1 atom stereocenters. The van der Waals surface area contributed by atoms with Crippen molar-refractivity contribution in [3.63, 3.8) is 0 Å². The summed E-state index contributed by atoms with van der Waals surface area (Å²) in [6.45, 7) is 0. The van der Waals surface area contributed by atoms with Gasteiger partial charge in [-0.1, -0.05) is 0 Å². The van der Waals surface area contributed by atoms with Gasteiger partial charge in [0.05, 0.1) is 0 Å². The largest absolute Gasteiger partial charge is 0.410 e. The molecule has 1 aliphatic rings. The number of amidine groups is 1. The van der Waals surface area contributed by atoms with Crippen LogP contribution in [0.1, 0.15) is 6.42 Å². The Labute approximate surface area is 61.7 Å². The second-order valence-corrected chi connectivity index (χ2v) is 2.43. The summed E-state index contributed by atoms with van der Waals surface area (Å²) in [5, 5.41) is 4.29. The Balaban J connectivity index is 2.67. The molecule has 1 aliphatic heterocycles. The third-order valence-corrected chi connectivity index (χ3v) is 1.52. The molecule has 3 nitrogen and oxygen atoms in total. The highest BCUT2D eigenvalue weighted by molar-refractivity contribution is 5.82. The summed E-state index contributed by atoms with van der Waals surface area (Å²) in [7, 11) is 1.26. The summed E-state index contributed by atoms with van der Waals surface area (Å²) in [5.74, 6) is 0.0369. The van der Waals surface area contributed by atoms with Gasteiger partial charge in [0.15, 0.2) is 0 Å². The smallest absolute Gasteiger partial charge is 0.386 e. The second kappa shape index (κ2) is 2.28.